The van der Waals surface area contributed by atoms with Gasteiger partial charge in [-0.15, -0.1) is 0 Å². The molecule has 3 heteroatoms. The smallest absolute Gasteiger partial charge is 0.0644 e. The first-order valence-electron chi connectivity index (χ1n) is 7.88. The van der Waals surface area contributed by atoms with Crippen molar-refractivity contribution in [1.82, 2.24) is 15.1 Å². The minimum absolute atomic E-state index is 0.330. The Kier molecular flexibility index (Phi) is 5.18. The van der Waals surface area contributed by atoms with Crippen molar-refractivity contribution in [2.24, 2.45) is 7.05 Å². The zero-order valence-electron chi connectivity index (χ0n) is 13.9. The van der Waals surface area contributed by atoms with Gasteiger partial charge in [0, 0.05) is 24.3 Å². The molecule has 0 bridgehead atoms. The molecule has 1 aromatic carbocycles. The van der Waals surface area contributed by atoms with Crippen LogP contribution in [0.2, 0.25) is 0 Å². The molecule has 2 aromatic rings. The molecule has 2 rings (SSSR count). The van der Waals surface area contributed by atoms with Crippen LogP contribution in [-0.4, -0.2) is 16.3 Å². The van der Waals surface area contributed by atoms with Gasteiger partial charge >= 0.3 is 0 Å². The molecule has 0 saturated carbocycles. The number of nitrogens with zero attached hydrogens (tertiary/aromatic N) is 2. The highest BCUT2D eigenvalue weighted by Crippen LogP contribution is 2.24. The summed E-state index contributed by atoms with van der Waals surface area (Å²) in [5, 5.41) is 8.18. The van der Waals surface area contributed by atoms with Crippen LogP contribution in [0.4, 0.5) is 0 Å². The number of rotatable bonds is 6. The molecule has 1 heterocycles. The highest BCUT2D eigenvalue weighted by atomic mass is 15.3. The minimum atomic E-state index is 0.330. The molecule has 1 unspecified atom stereocenters. The van der Waals surface area contributed by atoms with Gasteiger partial charge in [0.15, 0.2) is 0 Å². The van der Waals surface area contributed by atoms with Gasteiger partial charge in [-0.1, -0.05) is 38.1 Å². The lowest BCUT2D eigenvalue weighted by Crippen LogP contribution is -2.24. The molecule has 1 atom stereocenters. The first-order valence-corrected chi connectivity index (χ1v) is 7.88. The standard InChI is InChI=1S/C18H27N3/c1-6-15-8-10-16(11-9-15)12-17(19-7-2)18-13(3)20-21(5)14(18)4/h8-11,17,19H,6-7,12H2,1-5H3. The van der Waals surface area contributed by atoms with E-state index in [0.717, 1.165) is 25.1 Å². The summed E-state index contributed by atoms with van der Waals surface area (Å²) in [5.41, 5.74) is 6.50. The highest BCUT2D eigenvalue weighted by molar-refractivity contribution is 5.31. The van der Waals surface area contributed by atoms with Crippen LogP contribution in [-0.2, 0) is 19.9 Å². The van der Waals surface area contributed by atoms with Crippen molar-refractivity contribution in [3.63, 3.8) is 0 Å². The second-order valence-electron chi connectivity index (χ2n) is 5.69. The highest BCUT2D eigenvalue weighted by Gasteiger charge is 2.19. The third-order valence-electron chi connectivity index (χ3n) is 4.24. The molecule has 3 nitrogen and oxygen atoms in total. The van der Waals surface area contributed by atoms with Crippen molar-refractivity contribution in [3.8, 4) is 0 Å². The molecule has 0 aliphatic heterocycles. The second-order valence-corrected chi connectivity index (χ2v) is 5.69. The van der Waals surface area contributed by atoms with Gasteiger partial charge in [-0.05, 0) is 44.4 Å². The van der Waals surface area contributed by atoms with Crippen LogP contribution in [0, 0.1) is 13.8 Å². The number of hydrogen-bond donors (Lipinski definition) is 1. The van der Waals surface area contributed by atoms with Gasteiger partial charge < -0.3 is 5.32 Å². The van der Waals surface area contributed by atoms with E-state index in [1.165, 1.54) is 22.4 Å². The summed E-state index contributed by atoms with van der Waals surface area (Å²) in [6.45, 7) is 9.57. The monoisotopic (exact) mass is 285 g/mol. The van der Waals surface area contributed by atoms with Gasteiger partial charge in [0.1, 0.15) is 0 Å². The van der Waals surface area contributed by atoms with E-state index in [2.05, 4.69) is 62.4 Å². The maximum absolute atomic E-state index is 4.56. The van der Waals surface area contributed by atoms with Crippen LogP contribution in [0.3, 0.4) is 0 Å². The van der Waals surface area contributed by atoms with E-state index in [0.29, 0.717) is 6.04 Å². The maximum atomic E-state index is 4.56. The summed E-state index contributed by atoms with van der Waals surface area (Å²) >= 11 is 0. The third kappa shape index (κ3) is 3.53. The molecule has 0 radical (unpaired) electrons. The fraction of sp³-hybridized carbons (Fsp3) is 0.500. The number of aryl methyl sites for hydroxylation is 3. The van der Waals surface area contributed by atoms with E-state index in [9.17, 15) is 0 Å². The van der Waals surface area contributed by atoms with Crippen molar-refractivity contribution in [2.75, 3.05) is 6.54 Å². The number of benzene rings is 1. The van der Waals surface area contributed by atoms with Gasteiger partial charge in [0.05, 0.1) is 5.69 Å². The molecule has 1 aromatic heterocycles. The number of aromatic nitrogens is 2. The molecule has 21 heavy (non-hydrogen) atoms. The predicted molar refractivity (Wildman–Crippen MR) is 88.6 cm³/mol. The van der Waals surface area contributed by atoms with E-state index >= 15 is 0 Å². The fourth-order valence-electron chi connectivity index (χ4n) is 2.96. The number of hydrogen-bond acceptors (Lipinski definition) is 2. The predicted octanol–water partition coefficient (Wildman–Crippen LogP) is 3.49. The Morgan fingerprint density at radius 1 is 1.10 bits per heavy atom. The summed E-state index contributed by atoms with van der Waals surface area (Å²) in [6.07, 6.45) is 2.10. The van der Waals surface area contributed by atoms with Crippen molar-refractivity contribution in [2.45, 2.75) is 46.6 Å². The molecular weight excluding hydrogens is 258 g/mol. The van der Waals surface area contributed by atoms with Crippen LogP contribution >= 0.6 is 0 Å². The molecule has 0 saturated heterocycles. The largest absolute Gasteiger partial charge is 0.310 e. The summed E-state index contributed by atoms with van der Waals surface area (Å²) in [4.78, 5) is 0. The molecule has 0 spiro atoms. The zero-order chi connectivity index (χ0) is 15.4. The second kappa shape index (κ2) is 6.90. The van der Waals surface area contributed by atoms with Crippen LogP contribution < -0.4 is 5.32 Å². The first kappa shape index (κ1) is 15.8. The maximum Gasteiger partial charge on any atom is 0.0644 e. The summed E-state index contributed by atoms with van der Waals surface area (Å²) in [5.74, 6) is 0. The van der Waals surface area contributed by atoms with Crippen molar-refractivity contribution in [1.29, 1.82) is 0 Å². The fourth-order valence-corrected chi connectivity index (χ4v) is 2.96. The van der Waals surface area contributed by atoms with Gasteiger partial charge in [0.2, 0.25) is 0 Å². The molecule has 0 fully saturated rings. The van der Waals surface area contributed by atoms with E-state index in [1.54, 1.807) is 0 Å². The average molecular weight is 285 g/mol. The molecule has 0 aliphatic rings. The van der Waals surface area contributed by atoms with Crippen molar-refractivity contribution >= 4 is 0 Å². The van der Waals surface area contributed by atoms with Crippen LogP contribution in [0.25, 0.3) is 0 Å². The lowest BCUT2D eigenvalue weighted by molar-refractivity contribution is 0.544. The lowest BCUT2D eigenvalue weighted by Gasteiger charge is -2.19. The Balaban J connectivity index is 2.26. The van der Waals surface area contributed by atoms with Crippen LogP contribution in [0.15, 0.2) is 24.3 Å². The van der Waals surface area contributed by atoms with Gasteiger partial charge in [-0.2, -0.15) is 5.10 Å². The molecule has 0 amide bonds. The van der Waals surface area contributed by atoms with Gasteiger partial charge in [-0.25, -0.2) is 0 Å². The van der Waals surface area contributed by atoms with Crippen molar-refractivity contribution in [3.05, 3.63) is 52.3 Å². The number of nitrogens with one attached hydrogen (secondary N) is 1. The van der Waals surface area contributed by atoms with Gasteiger partial charge in [0.25, 0.3) is 0 Å². The average Bonchev–Trinajstić information content (AvgIpc) is 2.72. The Bertz CT molecular complexity index is 581. The molecule has 0 aliphatic carbocycles. The van der Waals surface area contributed by atoms with Gasteiger partial charge in [-0.3, -0.25) is 4.68 Å². The summed E-state index contributed by atoms with van der Waals surface area (Å²) in [7, 11) is 2.02. The zero-order valence-corrected chi connectivity index (χ0v) is 13.9. The number of likely N-dealkylation sites (N-methyl/N-ethyl adjacent to an activating group) is 1. The Morgan fingerprint density at radius 2 is 1.71 bits per heavy atom. The van der Waals surface area contributed by atoms with E-state index < -0.39 is 0 Å². The minimum Gasteiger partial charge on any atom is -0.310 e. The Labute approximate surface area is 128 Å². The Hall–Kier alpha value is -1.61. The quantitative estimate of drug-likeness (QED) is 0.880. The molecule has 1 N–H and O–H groups in total. The topological polar surface area (TPSA) is 29.9 Å². The first-order chi connectivity index (χ1) is 10.1. The van der Waals surface area contributed by atoms with E-state index in [1.807, 2.05) is 11.7 Å². The lowest BCUT2D eigenvalue weighted by atomic mass is 9.96. The van der Waals surface area contributed by atoms with Crippen molar-refractivity contribution < 1.29 is 0 Å². The molecular formula is C18H27N3. The summed E-state index contributed by atoms with van der Waals surface area (Å²) in [6, 6.07) is 9.31. The van der Waals surface area contributed by atoms with Crippen LogP contribution in [0.5, 0.6) is 0 Å². The SMILES string of the molecule is CCNC(Cc1ccc(CC)cc1)c1c(C)nn(C)c1C. The normalized spacial score (nSPS) is 12.6. The van der Waals surface area contributed by atoms with E-state index in [4.69, 9.17) is 0 Å². The van der Waals surface area contributed by atoms with E-state index in [-0.39, 0.29) is 0 Å². The Morgan fingerprint density at radius 3 is 2.19 bits per heavy atom. The third-order valence-corrected chi connectivity index (χ3v) is 4.24. The molecule has 114 valence electrons. The van der Waals surface area contributed by atoms with Crippen LogP contribution in [0.1, 0.15) is 48.0 Å². The summed E-state index contributed by atoms with van der Waals surface area (Å²) < 4.78 is 1.98.